The van der Waals surface area contributed by atoms with Crippen molar-refractivity contribution in [1.29, 1.82) is 0 Å². The number of halogens is 2. The summed E-state index contributed by atoms with van der Waals surface area (Å²) in [6, 6.07) is 17.0. The molecule has 0 aliphatic carbocycles. The first-order valence-electron chi connectivity index (χ1n) is 6.79. The lowest BCUT2D eigenvalue weighted by molar-refractivity contribution is -0.0548. The van der Waals surface area contributed by atoms with Crippen LogP contribution in [0.15, 0.2) is 65.7 Å². The highest BCUT2D eigenvalue weighted by Crippen LogP contribution is 2.17. The molecule has 0 radical (unpaired) electrons. The van der Waals surface area contributed by atoms with Gasteiger partial charge in [0.25, 0.3) is 0 Å². The summed E-state index contributed by atoms with van der Waals surface area (Å²) < 4.78 is 5.26. The summed E-state index contributed by atoms with van der Waals surface area (Å²) >= 11 is 12.1. The second-order valence-electron chi connectivity index (χ2n) is 4.55. The molecule has 1 atom stereocenters. The molecule has 0 aliphatic heterocycles. The number of aliphatic hydroxyl groups excluding tert-OH is 1. The van der Waals surface area contributed by atoms with E-state index in [0.717, 1.165) is 11.1 Å². The Balaban J connectivity index is 1.86. The van der Waals surface area contributed by atoms with E-state index in [0.29, 0.717) is 5.02 Å². The van der Waals surface area contributed by atoms with Gasteiger partial charge in [-0.25, -0.2) is 0 Å². The van der Waals surface area contributed by atoms with Crippen molar-refractivity contribution >= 4 is 35.4 Å². The minimum atomic E-state index is -1.15. The van der Waals surface area contributed by atoms with Crippen LogP contribution in [0.25, 0.3) is 12.2 Å². The first-order valence-corrected chi connectivity index (χ1v) is 7.55. The van der Waals surface area contributed by atoms with Crippen LogP contribution in [0.2, 0.25) is 5.02 Å². The molecule has 2 aromatic rings. The van der Waals surface area contributed by atoms with E-state index in [-0.39, 0.29) is 11.6 Å². The molecule has 0 spiro atoms. The summed E-state index contributed by atoms with van der Waals surface area (Å²) in [6.45, 7) is 0.227. The topological polar surface area (TPSA) is 29.5 Å². The van der Waals surface area contributed by atoms with Crippen LogP contribution >= 0.6 is 23.2 Å². The van der Waals surface area contributed by atoms with Crippen LogP contribution in [0.5, 0.6) is 0 Å². The van der Waals surface area contributed by atoms with Crippen molar-refractivity contribution in [3.63, 3.8) is 0 Å². The van der Waals surface area contributed by atoms with Crippen molar-refractivity contribution in [2.75, 3.05) is 6.61 Å². The summed E-state index contributed by atoms with van der Waals surface area (Å²) in [6.07, 6.45) is 4.13. The van der Waals surface area contributed by atoms with Crippen LogP contribution < -0.4 is 0 Å². The molecule has 0 aliphatic rings. The maximum atomic E-state index is 9.85. The molecule has 0 bridgehead atoms. The van der Waals surface area contributed by atoms with Gasteiger partial charge in [-0.3, -0.25) is 0 Å². The fraction of sp³-hybridized carbons (Fsp3) is 0.111. The quantitative estimate of drug-likeness (QED) is 0.756. The van der Waals surface area contributed by atoms with Crippen molar-refractivity contribution < 1.29 is 9.84 Å². The monoisotopic (exact) mass is 334 g/mol. The third-order valence-electron chi connectivity index (χ3n) is 2.89. The molecular formula is C18H16Cl2O2. The molecule has 2 nitrogen and oxygen atoms in total. The Morgan fingerprint density at radius 2 is 1.77 bits per heavy atom. The molecule has 0 fully saturated rings. The van der Waals surface area contributed by atoms with Crippen LogP contribution in [-0.2, 0) is 4.74 Å². The first kappa shape index (κ1) is 16.8. The van der Waals surface area contributed by atoms with Gasteiger partial charge in [0.05, 0.1) is 11.6 Å². The van der Waals surface area contributed by atoms with Gasteiger partial charge >= 0.3 is 0 Å². The Hall–Kier alpha value is -1.58. The van der Waals surface area contributed by atoms with Gasteiger partial charge in [-0.2, -0.15) is 0 Å². The molecule has 2 aromatic carbocycles. The molecule has 1 N–H and O–H groups in total. The number of rotatable bonds is 6. The highest BCUT2D eigenvalue weighted by atomic mass is 35.5. The molecular weight excluding hydrogens is 319 g/mol. The molecule has 0 saturated heterocycles. The normalized spacial score (nSPS) is 13.5. The molecule has 0 heterocycles. The lowest BCUT2D eigenvalue weighted by Crippen LogP contribution is -2.11. The largest absolute Gasteiger partial charge is 0.364 e. The Labute approximate surface area is 140 Å². The third-order valence-corrected chi connectivity index (χ3v) is 3.53. The van der Waals surface area contributed by atoms with Crippen molar-refractivity contribution in [1.82, 2.24) is 0 Å². The molecule has 1 unspecified atom stereocenters. The minimum Gasteiger partial charge on any atom is -0.364 e. The summed E-state index contributed by atoms with van der Waals surface area (Å²) in [5, 5.41) is 10.7. The number of ether oxygens (including phenoxy) is 1. The second-order valence-corrected chi connectivity index (χ2v) is 5.39. The van der Waals surface area contributed by atoms with E-state index in [2.05, 4.69) is 0 Å². The van der Waals surface area contributed by atoms with Crippen LogP contribution in [0.1, 0.15) is 11.1 Å². The van der Waals surface area contributed by atoms with Gasteiger partial charge < -0.3 is 9.84 Å². The number of aliphatic hydroxyl groups is 1. The van der Waals surface area contributed by atoms with Crippen LogP contribution in [0.4, 0.5) is 0 Å². The van der Waals surface area contributed by atoms with Gasteiger partial charge in [0.2, 0.25) is 0 Å². The predicted molar refractivity (Wildman–Crippen MR) is 92.7 cm³/mol. The number of hydrogen-bond acceptors (Lipinski definition) is 2. The van der Waals surface area contributed by atoms with E-state index in [1.807, 2.05) is 60.7 Å². The molecule has 0 aromatic heterocycles. The Morgan fingerprint density at radius 3 is 2.50 bits per heavy atom. The summed E-state index contributed by atoms with van der Waals surface area (Å²) in [7, 11) is 0. The lowest BCUT2D eigenvalue weighted by atomic mass is 10.2. The van der Waals surface area contributed by atoms with E-state index < -0.39 is 6.29 Å². The highest BCUT2D eigenvalue weighted by molar-refractivity contribution is 6.32. The zero-order chi connectivity index (χ0) is 15.8. The lowest BCUT2D eigenvalue weighted by Gasteiger charge is -2.09. The van der Waals surface area contributed by atoms with Crippen LogP contribution in [0, 0.1) is 0 Å². The van der Waals surface area contributed by atoms with Gasteiger partial charge in [-0.05, 0) is 23.3 Å². The van der Waals surface area contributed by atoms with Crippen molar-refractivity contribution in [3.8, 4) is 0 Å². The van der Waals surface area contributed by atoms with Gasteiger partial charge in [0.1, 0.15) is 0 Å². The molecule has 114 valence electrons. The van der Waals surface area contributed by atoms with Gasteiger partial charge in [-0.1, -0.05) is 83.9 Å². The Morgan fingerprint density at radius 1 is 1.09 bits per heavy atom. The van der Waals surface area contributed by atoms with E-state index in [4.69, 9.17) is 27.9 Å². The molecule has 22 heavy (non-hydrogen) atoms. The standard InChI is InChI=1S/C18H16Cl2O2/c19-16-11-5-4-9-15(16)10-6-12-22-18(21)17(20)13-14-7-2-1-3-8-14/h1-11,13,18,21H,12H2. The minimum absolute atomic E-state index is 0.227. The maximum Gasteiger partial charge on any atom is 0.192 e. The van der Waals surface area contributed by atoms with E-state index >= 15 is 0 Å². The predicted octanol–water partition coefficient (Wildman–Crippen LogP) is 4.97. The summed E-state index contributed by atoms with van der Waals surface area (Å²) in [5.41, 5.74) is 1.80. The zero-order valence-corrected chi connectivity index (χ0v) is 13.3. The van der Waals surface area contributed by atoms with Gasteiger partial charge in [-0.15, -0.1) is 0 Å². The van der Waals surface area contributed by atoms with Crippen LogP contribution in [0.3, 0.4) is 0 Å². The van der Waals surface area contributed by atoms with Crippen molar-refractivity contribution in [3.05, 3.63) is 81.9 Å². The van der Waals surface area contributed by atoms with E-state index in [9.17, 15) is 5.11 Å². The van der Waals surface area contributed by atoms with E-state index in [1.54, 1.807) is 12.2 Å². The maximum absolute atomic E-state index is 9.85. The fourth-order valence-corrected chi connectivity index (χ4v) is 2.18. The molecule has 0 amide bonds. The van der Waals surface area contributed by atoms with E-state index in [1.165, 1.54) is 0 Å². The number of hydrogen-bond donors (Lipinski definition) is 1. The average molecular weight is 335 g/mol. The Bertz CT molecular complexity index is 651. The van der Waals surface area contributed by atoms with Crippen molar-refractivity contribution in [2.45, 2.75) is 6.29 Å². The van der Waals surface area contributed by atoms with Gasteiger partial charge in [0.15, 0.2) is 6.29 Å². The fourth-order valence-electron chi connectivity index (χ4n) is 1.79. The molecule has 2 rings (SSSR count). The smallest absolute Gasteiger partial charge is 0.192 e. The Kier molecular flexibility index (Phi) is 6.69. The summed E-state index contributed by atoms with van der Waals surface area (Å²) in [5.74, 6) is 0. The third kappa shape index (κ3) is 5.32. The number of benzene rings is 2. The molecule has 4 heteroatoms. The zero-order valence-electron chi connectivity index (χ0n) is 11.8. The summed E-state index contributed by atoms with van der Waals surface area (Å²) in [4.78, 5) is 0. The second kappa shape index (κ2) is 8.76. The van der Waals surface area contributed by atoms with Crippen molar-refractivity contribution in [2.24, 2.45) is 0 Å². The highest BCUT2D eigenvalue weighted by Gasteiger charge is 2.07. The first-order chi connectivity index (χ1) is 10.7. The van der Waals surface area contributed by atoms with Gasteiger partial charge in [0, 0.05) is 5.02 Å². The van der Waals surface area contributed by atoms with Crippen LogP contribution in [-0.4, -0.2) is 18.0 Å². The average Bonchev–Trinajstić information content (AvgIpc) is 2.53. The SMILES string of the molecule is OC(OCC=Cc1ccccc1Cl)C(Cl)=Cc1ccccc1. The molecule has 0 saturated carbocycles.